The van der Waals surface area contributed by atoms with Crippen molar-refractivity contribution in [3.63, 3.8) is 0 Å². The van der Waals surface area contributed by atoms with Crippen molar-refractivity contribution in [1.82, 2.24) is 5.32 Å². The zero-order valence-electron chi connectivity index (χ0n) is 10.8. The third-order valence-electron chi connectivity index (χ3n) is 2.06. The summed E-state index contributed by atoms with van der Waals surface area (Å²) in [6.45, 7) is 13.3. The third kappa shape index (κ3) is 3.94. The maximum absolute atomic E-state index is 11.5. The van der Waals surface area contributed by atoms with E-state index < -0.39 is 29.2 Å². The molecular formula is C11H19N2O4+. The lowest BCUT2D eigenvalue weighted by Gasteiger charge is -2.23. The second-order valence-electron chi connectivity index (χ2n) is 4.98. The Morgan fingerprint density at radius 1 is 1.35 bits per heavy atom. The van der Waals surface area contributed by atoms with Crippen LogP contribution in [0.15, 0.2) is 0 Å². The van der Waals surface area contributed by atoms with Gasteiger partial charge >= 0.3 is 17.7 Å². The predicted molar refractivity (Wildman–Crippen MR) is 62.9 cm³/mol. The lowest BCUT2D eigenvalue weighted by Crippen LogP contribution is -2.56. The zero-order chi connectivity index (χ0) is 13.9. The standard InChI is InChI=1S/C11H18N2O4/c1-7(2)11(12-6,8(14)15)13-9(16)17-10(3,4)5/h6-7H,1-5H3,(H-,13,14,15,16)/p+1/t11-/m0/s1. The number of carboxylic acids is 1. The largest absolute Gasteiger partial charge is 0.474 e. The highest BCUT2D eigenvalue weighted by Gasteiger charge is 2.55. The molecule has 17 heavy (non-hydrogen) atoms. The van der Waals surface area contributed by atoms with Gasteiger partial charge in [0.25, 0.3) is 6.57 Å². The molecule has 0 rings (SSSR count). The molecule has 0 fully saturated rings. The SMILES string of the molecule is C#[N+][C@@](NC(=O)OC(C)(C)C)(C(=O)O)C(C)C. The molecule has 96 valence electrons. The molecule has 0 spiro atoms. The van der Waals surface area contributed by atoms with Gasteiger partial charge in [-0.2, -0.15) is 0 Å². The third-order valence-corrected chi connectivity index (χ3v) is 2.06. The number of hydrogen-bond donors (Lipinski definition) is 2. The van der Waals surface area contributed by atoms with Crippen LogP contribution in [-0.2, 0) is 9.53 Å². The van der Waals surface area contributed by atoms with E-state index in [1.165, 1.54) is 0 Å². The van der Waals surface area contributed by atoms with E-state index >= 15 is 0 Å². The van der Waals surface area contributed by atoms with E-state index in [2.05, 4.69) is 10.2 Å². The van der Waals surface area contributed by atoms with Gasteiger partial charge in [-0.05, 0) is 25.6 Å². The summed E-state index contributed by atoms with van der Waals surface area (Å²) < 4.78 is 4.97. The molecule has 2 N–H and O–H groups in total. The van der Waals surface area contributed by atoms with Crippen LogP contribution in [0, 0.1) is 12.5 Å². The molecule has 0 aromatic rings. The fourth-order valence-corrected chi connectivity index (χ4v) is 1.14. The van der Waals surface area contributed by atoms with Crippen LogP contribution in [0.4, 0.5) is 4.79 Å². The van der Waals surface area contributed by atoms with E-state index in [0.29, 0.717) is 0 Å². The Bertz CT molecular complexity index is 351. The molecule has 0 aromatic heterocycles. The maximum Gasteiger partial charge on any atom is 0.455 e. The first-order valence-corrected chi connectivity index (χ1v) is 5.22. The highest BCUT2D eigenvalue weighted by Crippen LogP contribution is 2.20. The van der Waals surface area contributed by atoms with Gasteiger partial charge in [0, 0.05) is 0 Å². The fourth-order valence-electron chi connectivity index (χ4n) is 1.14. The van der Waals surface area contributed by atoms with E-state index in [0.717, 1.165) is 0 Å². The summed E-state index contributed by atoms with van der Waals surface area (Å²) in [6.07, 6.45) is -0.872. The number of amides is 1. The highest BCUT2D eigenvalue weighted by molar-refractivity contribution is 5.86. The second kappa shape index (κ2) is 5.04. The van der Waals surface area contributed by atoms with E-state index in [9.17, 15) is 9.59 Å². The minimum absolute atomic E-state index is 0.516. The Labute approximate surface area is 101 Å². The lowest BCUT2D eigenvalue weighted by molar-refractivity contribution is -0.144. The first-order chi connectivity index (χ1) is 7.55. The van der Waals surface area contributed by atoms with E-state index in [1.54, 1.807) is 34.6 Å². The zero-order valence-corrected chi connectivity index (χ0v) is 10.8. The van der Waals surface area contributed by atoms with Crippen LogP contribution in [0.2, 0.25) is 0 Å². The van der Waals surface area contributed by atoms with Crippen LogP contribution in [0.25, 0.3) is 4.85 Å². The summed E-state index contributed by atoms with van der Waals surface area (Å²) in [5, 5.41) is 11.3. The number of ether oxygens (including phenoxy) is 1. The van der Waals surface area contributed by atoms with Gasteiger partial charge in [-0.15, -0.1) is 0 Å². The number of hydrogen-bond acceptors (Lipinski definition) is 3. The molecule has 1 atom stereocenters. The van der Waals surface area contributed by atoms with Crippen molar-refractivity contribution in [1.29, 1.82) is 0 Å². The molecule has 1 amide bonds. The molecule has 0 heterocycles. The van der Waals surface area contributed by atoms with Crippen LogP contribution in [0.1, 0.15) is 34.6 Å². The second-order valence-corrected chi connectivity index (χ2v) is 4.98. The van der Waals surface area contributed by atoms with Gasteiger partial charge in [-0.3, -0.25) is 0 Å². The molecular weight excluding hydrogens is 224 g/mol. The molecule has 6 nitrogen and oxygen atoms in total. The molecule has 0 aromatic carbocycles. The molecule has 0 aliphatic heterocycles. The van der Waals surface area contributed by atoms with Crippen molar-refractivity contribution >= 4 is 12.1 Å². The Hall–Kier alpha value is -1.77. The maximum atomic E-state index is 11.5. The summed E-state index contributed by atoms with van der Waals surface area (Å²) in [7, 11) is 0. The number of nitrogens with one attached hydrogen (secondary N) is 1. The molecule has 0 saturated heterocycles. The van der Waals surface area contributed by atoms with Crippen molar-refractivity contribution in [2.45, 2.75) is 45.9 Å². The average molecular weight is 243 g/mol. The average Bonchev–Trinajstić information content (AvgIpc) is 2.09. The van der Waals surface area contributed by atoms with Gasteiger partial charge in [0.15, 0.2) is 0 Å². The van der Waals surface area contributed by atoms with Gasteiger partial charge in [0.2, 0.25) is 0 Å². The van der Waals surface area contributed by atoms with Gasteiger partial charge in [-0.25, -0.2) is 14.9 Å². The minimum Gasteiger partial charge on any atom is -0.474 e. The van der Waals surface area contributed by atoms with Crippen molar-refractivity contribution < 1.29 is 19.4 Å². The Balaban J connectivity index is 4.98. The fraction of sp³-hybridized carbons (Fsp3) is 0.727. The number of carboxylic acid groups (broad SMARTS) is 1. The quantitative estimate of drug-likeness (QED) is 0.793. The predicted octanol–water partition coefficient (Wildman–Crippen LogP) is 1.91. The number of carbonyl (C=O) groups is 2. The number of aliphatic carboxylic acids is 1. The van der Waals surface area contributed by atoms with E-state index in [1.807, 2.05) is 0 Å². The molecule has 0 aliphatic rings. The summed E-state index contributed by atoms with van der Waals surface area (Å²) in [5.74, 6) is -1.85. The molecule has 0 bridgehead atoms. The van der Waals surface area contributed by atoms with Crippen molar-refractivity contribution in [2.75, 3.05) is 0 Å². The van der Waals surface area contributed by atoms with Gasteiger partial charge in [0.05, 0.1) is 5.92 Å². The normalized spacial score (nSPS) is 14.6. The number of carbonyl (C=O) groups excluding carboxylic acids is 1. The van der Waals surface area contributed by atoms with Crippen molar-refractivity contribution in [3.05, 3.63) is 4.85 Å². The van der Waals surface area contributed by atoms with Gasteiger partial charge in [-0.1, -0.05) is 13.8 Å². The monoisotopic (exact) mass is 243 g/mol. The van der Waals surface area contributed by atoms with Crippen LogP contribution in [0.3, 0.4) is 0 Å². The number of nitrogens with zero attached hydrogens (tertiary/aromatic N) is 1. The smallest absolute Gasteiger partial charge is 0.455 e. The van der Waals surface area contributed by atoms with Crippen LogP contribution in [0.5, 0.6) is 0 Å². The highest BCUT2D eigenvalue weighted by atomic mass is 16.6. The number of rotatable bonds is 3. The molecule has 0 unspecified atom stereocenters. The van der Waals surface area contributed by atoms with Crippen molar-refractivity contribution in [2.24, 2.45) is 5.92 Å². The summed E-state index contributed by atoms with van der Waals surface area (Å²) >= 11 is 0. The minimum atomic E-state index is -1.87. The molecule has 0 aliphatic carbocycles. The molecule has 6 heteroatoms. The topological polar surface area (TPSA) is 80.0 Å². The van der Waals surface area contributed by atoms with E-state index in [4.69, 9.17) is 16.4 Å². The Morgan fingerprint density at radius 2 is 1.82 bits per heavy atom. The van der Waals surface area contributed by atoms with Gasteiger partial charge < -0.3 is 9.84 Å². The molecule has 0 saturated carbocycles. The summed E-state index contributed by atoms with van der Waals surface area (Å²) in [5.41, 5.74) is -2.60. The first kappa shape index (κ1) is 15.2. The Kier molecular flexibility index (Phi) is 4.52. The van der Waals surface area contributed by atoms with Crippen molar-refractivity contribution in [3.8, 4) is 6.57 Å². The van der Waals surface area contributed by atoms with Crippen LogP contribution >= 0.6 is 0 Å². The summed E-state index contributed by atoms with van der Waals surface area (Å²) in [4.78, 5) is 26.0. The lowest BCUT2D eigenvalue weighted by atomic mass is 9.97. The van der Waals surface area contributed by atoms with Crippen LogP contribution < -0.4 is 5.32 Å². The molecule has 0 radical (unpaired) electrons. The van der Waals surface area contributed by atoms with E-state index in [-0.39, 0.29) is 0 Å². The summed E-state index contributed by atoms with van der Waals surface area (Å²) in [6, 6.07) is 0. The first-order valence-electron chi connectivity index (χ1n) is 5.22. The van der Waals surface area contributed by atoms with Crippen LogP contribution in [-0.4, -0.2) is 28.4 Å². The van der Waals surface area contributed by atoms with Gasteiger partial charge in [0.1, 0.15) is 5.60 Å². The Morgan fingerprint density at radius 3 is 2.06 bits per heavy atom. The number of alkyl carbamates (subject to hydrolysis) is 1.